The van der Waals surface area contributed by atoms with Gasteiger partial charge >= 0.3 is 6.03 Å². The van der Waals surface area contributed by atoms with Gasteiger partial charge < -0.3 is 14.8 Å². The van der Waals surface area contributed by atoms with Crippen molar-refractivity contribution in [1.82, 2.24) is 5.43 Å². The topological polar surface area (TPSA) is 72.0 Å². The smallest absolute Gasteiger partial charge is 0.339 e. The summed E-state index contributed by atoms with van der Waals surface area (Å²) in [5.41, 5.74) is 7.15. The number of nitrogens with zero attached hydrogens (tertiary/aromatic N) is 1. The largest absolute Gasteiger partial charge is 0.493 e. The van der Waals surface area contributed by atoms with E-state index in [9.17, 15) is 4.79 Å². The Hall–Kier alpha value is -3.32. The van der Waals surface area contributed by atoms with Gasteiger partial charge in [-0.25, -0.2) is 10.2 Å². The summed E-state index contributed by atoms with van der Waals surface area (Å²) in [5, 5.41) is 6.78. The molecule has 2 amide bonds. The fraction of sp³-hybridized carbons (Fsp3) is 0.167. The van der Waals surface area contributed by atoms with Gasteiger partial charge in [0, 0.05) is 15.7 Å². The van der Waals surface area contributed by atoms with Crippen LogP contribution in [-0.4, -0.2) is 19.4 Å². The van der Waals surface area contributed by atoms with E-state index in [-0.39, 0.29) is 0 Å². The van der Waals surface area contributed by atoms with Gasteiger partial charge in [0.15, 0.2) is 11.5 Å². The Morgan fingerprint density at radius 3 is 2.61 bits per heavy atom. The number of anilines is 1. The van der Waals surface area contributed by atoms with Gasteiger partial charge in [0.25, 0.3) is 0 Å². The lowest BCUT2D eigenvalue weighted by molar-refractivity contribution is 0.252. The monoisotopic (exact) mass is 481 g/mol. The van der Waals surface area contributed by atoms with Gasteiger partial charge in [0.2, 0.25) is 0 Å². The molecule has 3 aromatic rings. The van der Waals surface area contributed by atoms with Gasteiger partial charge in [0.05, 0.1) is 13.3 Å². The van der Waals surface area contributed by atoms with Gasteiger partial charge in [-0.1, -0.05) is 48.0 Å². The highest BCUT2D eigenvalue weighted by molar-refractivity contribution is 9.10. The fourth-order valence-corrected chi connectivity index (χ4v) is 3.33. The van der Waals surface area contributed by atoms with Crippen LogP contribution in [0.2, 0.25) is 0 Å². The van der Waals surface area contributed by atoms with Gasteiger partial charge in [-0.3, -0.25) is 0 Å². The number of aryl methyl sites for hydroxylation is 2. The summed E-state index contributed by atoms with van der Waals surface area (Å²) in [7, 11) is 1.58. The van der Waals surface area contributed by atoms with Crippen LogP contribution in [0.15, 0.2) is 70.2 Å². The van der Waals surface area contributed by atoms with E-state index in [0.29, 0.717) is 18.1 Å². The number of ether oxygens (including phenoxy) is 2. The molecule has 3 rings (SSSR count). The highest BCUT2D eigenvalue weighted by atomic mass is 79.9. The number of methoxy groups -OCH3 is 1. The van der Waals surface area contributed by atoms with Crippen LogP contribution in [-0.2, 0) is 6.61 Å². The summed E-state index contributed by atoms with van der Waals surface area (Å²) < 4.78 is 12.2. The molecule has 7 heteroatoms. The van der Waals surface area contributed by atoms with E-state index in [2.05, 4.69) is 37.8 Å². The fourth-order valence-electron chi connectivity index (χ4n) is 2.91. The summed E-state index contributed by atoms with van der Waals surface area (Å²) in [6.45, 7) is 4.40. The maximum atomic E-state index is 12.1. The average molecular weight is 482 g/mol. The molecule has 31 heavy (non-hydrogen) atoms. The zero-order chi connectivity index (χ0) is 22.2. The van der Waals surface area contributed by atoms with Crippen LogP contribution in [0.1, 0.15) is 22.3 Å². The van der Waals surface area contributed by atoms with Crippen molar-refractivity contribution in [3.63, 3.8) is 0 Å². The quantitative estimate of drug-likeness (QED) is 0.330. The molecule has 0 aliphatic carbocycles. The van der Waals surface area contributed by atoms with Crippen LogP contribution in [0.3, 0.4) is 0 Å². The summed E-state index contributed by atoms with van der Waals surface area (Å²) in [6, 6.07) is 18.9. The molecule has 0 aliphatic heterocycles. The van der Waals surface area contributed by atoms with Crippen molar-refractivity contribution in [2.24, 2.45) is 5.10 Å². The van der Waals surface area contributed by atoms with E-state index in [1.807, 2.05) is 62.4 Å². The molecule has 0 aromatic heterocycles. The van der Waals surface area contributed by atoms with Crippen LogP contribution < -0.4 is 20.2 Å². The van der Waals surface area contributed by atoms with Gasteiger partial charge in [-0.2, -0.15) is 5.10 Å². The number of carbonyl (C=O) groups excluding carboxylic acids is 1. The highest BCUT2D eigenvalue weighted by Gasteiger charge is 2.10. The van der Waals surface area contributed by atoms with Crippen molar-refractivity contribution in [3.05, 3.63) is 87.4 Å². The summed E-state index contributed by atoms with van der Waals surface area (Å²) in [5.74, 6) is 1.18. The van der Waals surface area contributed by atoms with Crippen molar-refractivity contribution in [2.45, 2.75) is 20.5 Å². The Morgan fingerprint density at radius 2 is 1.87 bits per heavy atom. The van der Waals surface area contributed by atoms with E-state index >= 15 is 0 Å². The number of halogens is 1. The number of hydrazone groups is 1. The van der Waals surface area contributed by atoms with Gasteiger partial charge in [-0.05, 0) is 59.1 Å². The predicted molar refractivity (Wildman–Crippen MR) is 127 cm³/mol. The van der Waals surface area contributed by atoms with E-state index in [1.54, 1.807) is 13.2 Å². The third-order valence-corrected chi connectivity index (χ3v) is 5.21. The number of rotatable bonds is 7. The summed E-state index contributed by atoms with van der Waals surface area (Å²) >= 11 is 3.52. The van der Waals surface area contributed by atoms with Crippen LogP contribution in [0.4, 0.5) is 10.5 Å². The molecular weight excluding hydrogens is 458 g/mol. The number of hydrogen-bond donors (Lipinski definition) is 2. The first-order chi connectivity index (χ1) is 15.0. The maximum absolute atomic E-state index is 12.1. The molecule has 2 N–H and O–H groups in total. The molecule has 0 atom stereocenters. The Morgan fingerprint density at radius 1 is 1.06 bits per heavy atom. The molecule has 3 aromatic carbocycles. The van der Waals surface area contributed by atoms with E-state index in [4.69, 9.17) is 9.47 Å². The molecule has 0 bridgehead atoms. The van der Waals surface area contributed by atoms with E-state index in [1.165, 1.54) is 11.8 Å². The van der Waals surface area contributed by atoms with E-state index < -0.39 is 6.03 Å². The zero-order valence-corrected chi connectivity index (χ0v) is 19.2. The average Bonchev–Trinajstić information content (AvgIpc) is 2.75. The first-order valence-electron chi connectivity index (χ1n) is 9.68. The first kappa shape index (κ1) is 22.4. The van der Waals surface area contributed by atoms with Crippen molar-refractivity contribution < 1.29 is 14.3 Å². The molecule has 0 heterocycles. The second-order valence-corrected chi connectivity index (χ2v) is 7.80. The molecule has 0 radical (unpaired) electrons. The molecule has 0 saturated heterocycles. The van der Waals surface area contributed by atoms with Crippen LogP contribution in [0.25, 0.3) is 0 Å². The molecule has 0 aliphatic rings. The van der Waals surface area contributed by atoms with Crippen LogP contribution in [0.5, 0.6) is 11.5 Å². The Bertz CT molecular complexity index is 1100. The molecule has 0 unspecified atom stereocenters. The third kappa shape index (κ3) is 6.33. The Kier molecular flexibility index (Phi) is 7.67. The van der Waals surface area contributed by atoms with E-state index in [0.717, 1.165) is 26.9 Å². The summed E-state index contributed by atoms with van der Waals surface area (Å²) in [6.07, 6.45) is 1.54. The first-order valence-corrected chi connectivity index (χ1v) is 10.5. The third-order valence-electron chi connectivity index (χ3n) is 4.52. The molecule has 0 saturated carbocycles. The predicted octanol–water partition coefficient (Wildman–Crippen LogP) is 5.81. The lowest BCUT2D eigenvalue weighted by atomic mass is 10.1. The maximum Gasteiger partial charge on any atom is 0.339 e. The van der Waals surface area contributed by atoms with Crippen molar-refractivity contribution >= 4 is 33.9 Å². The lowest BCUT2D eigenvalue weighted by Gasteiger charge is -2.13. The second-order valence-electron chi connectivity index (χ2n) is 6.94. The molecular formula is C24H24BrN3O3. The number of nitrogens with one attached hydrogen (secondary N) is 2. The number of urea groups is 1. The number of carbonyl (C=O) groups is 1. The number of hydrogen-bond acceptors (Lipinski definition) is 4. The normalized spacial score (nSPS) is 10.7. The molecule has 6 nitrogen and oxygen atoms in total. The molecule has 160 valence electrons. The number of amides is 2. The Balaban J connectivity index is 1.65. The lowest BCUT2D eigenvalue weighted by Crippen LogP contribution is -2.24. The number of benzene rings is 3. The zero-order valence-electron chi connectivity index (χ0n) is 17.6. The van der Waals surface area contributed by atoms with Crippen LogP contribution >= 0.6 is 15.9 Å². The summed E-state index contributed by atoms with van der Waals surface area (Å²) in [4.78, 5) is 12.1. The minimum Gasteiger partial charge on any atom is -0.493 e. The van der Waals surface area contributed by atoms with Gasteiger partial charge in [0.1, 0.15) is 6.61 Å². The van der Waals surface area contributed by atoms with Crippen molar-refractivity contribution in [1.29, 1.82) is 0 Å². The molecule has 0 fully saturated rings. The van der Waals surface area contributed by atoms with Crippen molar-refractivity contribution in [2.75, 3.05) is 12.4 Å². The second kappa shape index (κ2) is 10.6. The number of para-hydroxylation sites is 1. The minimum atomic E-state index is -0.424. The minimum absolute atomic E-state index is 0.424. The standard InChI is InChI=1S/C24H24BrN3O3/c1-16-7-6-9-18(11-16)15-31-23-13-20(25)19(12-22(23)30-3)14-26-28-24(29)27-21-10-5-4-8-17(21)2/h4-14H,15H2,1-3H3,(H2,27,28,29). The Labute approximate surface area is 190 Å². The molecule has 0 spiro atoms. The van der Waals surface area contributed by atoms with Crippen molar-refractivity contribution in [3.8, 4) is 11.5 Å². The highest BCUT2D eigenvalue weighted by Crippen LogP contribution is 2.33. The van der Waals surface area contributed by atoms with Gasteiger partial charge in [-0.15, -0.1) is 0 Å². The van der Waals surface area contributed by atoms with Crippen LogP contribution in [0, 0.1) is 13.8 Å². The SMILES string of the molecule is COc1cc(C=NNC(=O)Nc2ccccc2C)c(Br)cc1OCc1cccc(C)c1.